The summed E-state index contributed by atoms with van der Waals surface area (Å²) in [6.07, 6.45) is 62.9. The Labute approximate surface area is 376 Å². The summed E-state index contributed by atoms with van der Waals surface area (Å²) in [5.41, 5.74) is 0. The lowest BCUT2D eigenvalue weighted by Crippen LogP contribution is -2.45. The van der Waals surface area contributed by atoms with Crippen molar-refractivity contribution in [1.29, 1.82) is 0 Å². The number of unbranched alkanes of at least 4 members (excludes halogenated alkanes) is 42. The van der Waals surface area contributed by atoms with Crippen molar-refractivity contribution < 1.29 is 20.1 Å². The van der Waals surface area contributed by atoms with E-state index in [-0.39, 0.29) is 18.9 Å². The first-order valence-corrected chi connectivity index (χ1v) is 27.5. The molecule has 0 aromatic rings. The second kappa shape index (κ2) is 50.7. The molecular formula is C55H109NO4. The van der Waals surface area contributed by atoms with Gasteiger partial charge in [-0.2, -0.15) is 0 Å². The summed E-state index contributed by atoms with van der Waals surface area (Å²) in [7, 11) is 0. The van der Waals surface area contributed by atoms with Crippen molar-refractivity contribution in [3.05, 3.63) is 12.2 Å². The van der Waals surface area contributed by atoms with Gasteiger partial charge in [0.2, 0.25) is 5.91 Å². The Morgan fingerprint density at radius 1 is 0.417 bits per heavy atom. The van der Waals surface area contributed by atoms with E-state index in [4.69, 9.17) is 0 Å². The third-order valence-corrected chi connectivity index (χ3v) is 13.1. The summed E-state index contributed by atoms with van der Waals surface area (Å²) in [4.78, 5) is 12.4. The van der Waals surface area contributed by atoms with Crippen molar-refractivity contribution in [2.24, 2.45) is 0 Å². The van der Waals surface area contributed by atoms with Crippen LogP contribution in [0.1, 0.15) is 309 Å². The molecule has 0 radical (unpaired) electrons. The van der Waals surface area contributed by atoms with Crippen LogP contribution < -0.4 is 5.32 Å². The molecule has 0 fully saturated rings. The second-order valence-corrected chi connectivity index (χ2v) is 19.2. The molecule has 5 heteroatoms. The van der Waals surface area contributed by atoms with Crippen molar-refractivity contribution >= 4 is 5.91 Å². The maximum atomic E-state index is 12.4. The molecule has 0 spiro atoms. The maximum Gasteiger partial charge on any atom is 0.222 e. The van der Waals surface area contributed by atoms with Gasteiger partial charge in [0.1, 0.15) is 0 Å². The van der Waals surface area contributed by atoms with Gasteiger partial charge in [-0.05, 0) is 19.3 Å². The quantitative estimate of drug-likeness (QED) is 0.0363. The molecule has 0 rings (SSSR count). The number of rotatable bonds is 51. The lowest BCUT2D eigenvalue weighted by molar-refractivity contribution is -0.124. The highest BCUT2D eigenvalue weighted by Crippen LogP contribution is 2.18. The number of aliphatic hydroxyl groups is 3. The van der Waals surface area contributed by atoms with Crippen LogP contribution in [-0.2, 0) is 4.79 Å². The van der Waals surface area contributed by atoms with Crippen LogP contribution in [0.5, 0.6) is 0 Å². The number of nitrogens with one attached hydrogen (secondary N) is 1. The van der Waals surface area contributed by atoms with Crippen molar-refractivity contribution in [2.75, 3.05) is 6.61 Å². The predicted molar refractivity (Wildman–Crippen MR) is 264 cm³/mol. The van der Waals surface area contributed by atoms with E-state index in [0.29, 0.717) is 6.42 Å². The summed E-state index contributed by atoms with van der Waals surface area (Å²) >= 11 is 0. The Morgan fingerprint density at radius 3 is 0.967 bits per heavy atom. The fraction of sp³-hybridized carbons (Fsp3) is 0.945. The topological polar surface area (TPSA) is 89.8 Å². The Kier molecular flexibility index (Phi) is 50.0. The Morgan fingerprint density at radius 2 is 0.683 bits per heavy atom. The minimum Gasteiger partial charge on any atom is -0.394 e. The first-order valence-electron chi connectivity index (χ1n) is 27.5. The average Bonchev–Trinajstić information content (AvgIpc) is 3.24. The van der Waals surface area contributed by atoms with Crippen molar-refractivity contribution in [3.63, 3.8) is 0 Å². The molecule has 0 aromatic heterocycles. The van der Waals surface area contributed by atoms with Crippen molar-refractivity contribution in [1.82, 2.24) is 5.32 Å². The number of hydrogen-bond acceptors (Lipinski definition) is 4. The molecule has 358 valence electrons. The van der Waals surface area contributed by atoms with Crippen LogP contribution >= 0.6 is 0 Å². The molecule has 0 saturated heterocycles. The summed E-state index contributed by atoms with van der Waals surface area (Å²) in [5.74, 6) is -0.312. The molecule has 0 heterocycles. The Hall–Kier alpha value is -0.910. The predicted octanol–water partition coefficient (Wildman–Crippen LogP) is 16.7. The lowest BCUT2D eigenvalue weighted by atomic mass is 10.0. The largest absolute Gasteiger partial charge is 0.394 e. The van der Waals surface area contributed by atoms with Crippen LogP contribution in [0.15, 0.2) is 12.2 Å². The Balaban J connectivity index is 3.40. The van der Waals surface area contributed by atoms with Gasteiger partial charge in [-0.3, -0.25) is 4.79 Å². The van der Waals surface area contributed by atoms with Gasteiger partial charge in [0.05, 0.1) is 31.3 Å². The smallest absolute Gasteiger partial charge is 0.222 e. The molecule has 5 nitrogen and oxygen atoms in total. The number of aliphatic hydroxyl groups excluding tert-OH is 3. The van der Waals surface area contributed by atoms with Crippen LogP contribution in [0.3, 0.4) is 0 Å². The number of amides is 1. The van der Waals surface area contributed by atoms with Crippen molar-refractivity contribution in [3.8, 4) is 0 Å². The third-order valence-electron chi connectivity index (χ3n) is 13.1. The summed E-state index contributed by atoms with van der Waals surface area (Å²) in [6, 6.07) is -0.739. The van der Waals surface area contributed by atoms with Gasteiger partial charge in [-0.25, -0.2) is 0 Å². The zero-order valence-corrected chi connectivity index (χ0v) is 40.9. The van der Waals surface area contributed by atoms with E-state index in [1.54, 1.807) is 6.08 Å². The van der Waals surface area contributed by atoms with E-state index >= 15 is 0 Å². The standard InChI is InChI=1S/C55H109NO4/c1-3-5-7-9-11-13-15-16-17-18-19-20-21-22-23-24-25-26-27-28-29-30-31-32-33-34-35-36-37-38-39-40-42-44-46-48-52(58)50-55(60)56-53(51-57)54(59)49-47-45-43-41-14-12-10-8-6-4-2/h47,49,52-54,57-59H,3-46,48,50-51H2,1-2H3,(H,56,60)/b49-47+. The molecule has 0 aliphatic carbocycles. The second-order valence-electron chi connectivity index (χ2n) is 19.2. The fourth-order valence-corrected chi connectivity index (χ4v) is 8.87. The number of allylic oxidation sites excluding steroid dienone is 1. The van der Waals surface area contributed by atoms with Crippen molar-refractivity contribution in [2.45, 2.75) is 327 Å². The lowest BCUT2D eigenvalue weighted by Gasteiger charge is -2.21. The Bertz CT molecular complexity index is 848. The van der Waals surface area contributed by atoms with E-state index in [9.17, 15) is 20.1 Å². The molecular weight excluding hydrogens is 739 g/mol. The summed E-state index contributed by atoms with van der Waals surface area (Å²) in [6.45, 7) is 4.22. The van der Waals surface area contributed by atoms with E-state index in [1.807, 2.05) is 6.08 Å². The monoisotopic (exact) mass is 848 g/mol. The number of hydrogen-bond donors (Lipinski definition) is 4. The first-order chi connectivity index (χ1) is 29.5. The van der Waals surface area contributed by atoms with E-state index < -0.39 is 18.2 Å². The molecule has 3 unspecified atom stereocenters. The zero-order chi connectivity index (χ0) is 43.7. The fourth-order valence-electron chi connectivity index (χ4n) is 8.87. The minimum atomic E-state index is -0.923. The normalized spacial score (nSPS) is 13.3. The molecule has 4 N–H and O–H groups in total. The highest BCUT2D eigenvalue weighted by Gasteiger charge is 2.20. The van der Waals surface area contributed by atoms with E-state index in [2.05, 4.69) is 19.2 Å². The van der Waals surface area contributed by atoms with Gasteiger partial charge in [0, 0.05) is 0 Å². The molecule has 3 atom stereocenters. The zero-order valence-electron chi connectivity index (χ0n) is 40.9. The van der Waals surface area contributed by atoms with E-state index in [0.717, 1.165) is 25.7 Å². The highest BCUT2D eigenvalue weighted by molar-refractivity contribution is 5.76. The van der Waals surface area contributed by atoms with Gasteiger partial charge in [-0.1, -0.05) is 296 Å². The van der Waals surface area contributed by atoms with Gasteiger partial charge in [-0.15, -0.1) is 0 Å². The average molecular weight is 848 g/mol. The van der Waals surface area contributed by atoms with E-state index in [1.165, 1.54) is 257 Å². The number of carbonyl (C=O) groups excluding carboxylic acids is 1. The minimum absolute atomic E-state index is 0.0187. The van der Waals surface area contributed by atoms with Crippen LogP contribution in [0.2, 0.25) is 0 Å². The van der Waals surface area contributed by atoms with Crippen LogP contribution in [0.4, 0.5) is 0 Å². The molecule has 0 aliphatic rings. The highest BCUT2D eigenvalue weighted by atomic mass is 16.3. The SMILES string of the molecule is CCCCCCCCCC/C=C/C(O)C(CO)NC(=O)CC(O)CCCCCCCCCCCCCCCCCCCCCCCCCCCCCCCCCCCCC. The molecule has 1 amide bonds. The van der Waals surface area contributed by atoms with Gasteiger partial charge < -0.3 is 20.6 Å². The maximum absolute atomic E-state index is 12.4. The van der Waals surface area contributed by atoms with Crippen LogP contribution in [-0.4, -0.2) is 46.1 Å². The molecule has 60 heavy (non-hydrogen) atoms. The third kappa shape index (κ3) is 46.6. The van der Waals surface area contributed by atoms with Gasteiger partial charge in [0.25, 0.3) is 0 Å². The number of carbonyl (C=O) groups is 1. The van der Waals surface area contributed by atoms with Crippen LogP contribution in [0.25, 0.3) is 0 Å². The molecule has 0 aliphatic heterocycles. The first kappa shape index (κ1) is 59.1. The van der Waals surface area contributed by atoms with Gasteiger partial charge in [0.15, 0.2) is 0 Å². The molecule has 0 bridgehead atoms. The summed E-state index contributed by atoms with van der Waals surface area (Å²) in [5, 5.41) is 33.2. The summed E-state index contributed by atoms with van der Waals surface area (Å²) < 4.78 is 0. The molecule has 0 aromatic carbocycles. The van der Waals surface area contributed by atoms with Gasteiger partial charge >= 0.3 is 0 Å². The van der Waals surface area contributed by atoms with Crippen LogP contribution in [0, 0.1) is 0 Å². The molecule has 0 saturated carbocycles.